The molecule has 0 aliphatic heterocycles. The molecule has 2 rings (SSSR count). The third kappa shape index (κ3) is 7.76. The Morgan fingerprint density at radius 3 is 2.22 bits per heavy atom. The number of nitrogens with zero attached hydrogens (tertiary/aromatic N) is 1. The summed E-state index contributed by atoms with van der Waals surface area (Å²) in [6.07, 6.45) is 1.14. The highest BCUT2D eigenvalue weighted by Crippen LogP contribution is 2.16. The van der Waals surface area contributed by atoms with Crippen molar-refractivity contribution in [2.45, 2.75) is 26.9 Å². The molecule has 0 aliphatic carbocycles. The van der Waals surface area contributed by atoms with E-state index in [1.165, 1.54) is 16.7 Å². The lowest BCUT2D eigenvalue weighted by atomic mass is 10.1. The Balaban J connectivity index is 0.00000364. The molecule has 0 aromatic heterocycles. The molecule has 0 atom stereocenters. The van der Waals surface area contributed by atoms with Gasteiger partial charge in [0.15, 0.2) is 5.96 Å². The number of hydrogen-bond acceptors (Lipinski definition) is 3. The molecule has 3 N–H and O–H groups in total. The molecule has 0 aliphatic rings. The summed E-state index contributed by atoms with van der Waals surface area (Å²) in [5.41, 5.74) is 5.08. The van der Waals surface area contributed by atoms with Crippen molar-refractivity contribution in [2.75, 3.05) is 18.0 Å². The summed E-state index contributed by atoms with van der Waals surface area (Å²) in [5.74, 6) is 0.652. The SMILES string of the molecule is CN=C(NCc1ccc(C)cc1C)NCc1ccccc1NS(C)(=O)=O.I. The summed E-state index contributed by atoms with van der Waals surface area (Å²) in [7, 11) is -1.62. The van der Waals surface area contributed by atoms with Crippen LogP contribution in [0.4, 0.5) is 5.69 Å². The molecule has 0 spiro atoms. The van der Waals surface area contributed by atoms with Crippen LogP contribution in [-0.4, -0.2) is 27.7 Å². The number of rotatable bonds is 6. The van der Waals surface area contributed by atoms with Crippen LogP contribution in [0.1, 0.15) is 22.3 Å². The highest BCUT2D eigenvalue weighted by atomic mass is 127. The minimum absolute atomic E-state index is 0. The summed E-state index contributed by atoms with van der Waals surface area (Å²) in [4.78, 5) is 4.23. The van der Waals surface area contributed by atoms with E-state index in [9.17, 15) is 8.42 Å². The van der Waals surface area contributed by atoms with Gasteiger partial charge in [0.25, 0.3) is 0 Å². The zero-order valence-electron chi connectivity index (χ0n) is 16.0. The van der Waals surface area contributed by atoms with Gasteiger partial charge >= 0.3 is 0 Å². The van der Waals surface area contributed by atoms with Gasteiger partial charge < -0.3 is 10.6 Å². The molecule has 2 aromatic rings. The maximum atomic E-state index is 11.5. The van der Waals surface area contributed by atoms with Crippen LogP contribution in [0.2, 0.25) is 0 Å². The minimum Gasteiger partial charge on any atom is -0.352 e. The Hall–Kier alpha value is -1.81. The largest absolute Gasteiger partial charge is 0.352 e. The molecule has 0 amide bonds. The van der Waals surface area contributed by atoms with E-state index in [1.807, 2.05) is 12.1 Å². The monoisotopic (exact) mass is 502 g/mol. The first-order valence-electron chi connectivity index (χ1n) is 8.35. The zero-order chi connectivity index (χ0) is 19.2. The van der Waals surface area contributed by atoms with Gasteiger partial charge in [-0.15, -0.1) is 24.0 Å². The maximum Gasteiger partial charge on any atom is 0.229 e. The number of halogens is 1. The van der Waals surface area contributed by atoms with E-state index < -0.39 is 10.0 Å². The highest BCUT2D eigenvalue weighted by Gasteiger charge is 2.08. The molecule has 27 heavy (non-hydrogen) atoms. The van der Waals surface area contributed by atoms with Gasteiger partial charge in [-0.05, 0) is 36.6 Å². The standard InChI is InChI=1S/C19H26N4O2S.HI/c1-14-9-10-16(15(2)11-14)12-21-19(20-3)22-13-17-7-5-6-8-18(17)23-26(4,24)25;/h5-11,23H,12-13H2,1-4H3,(H2,20,21,22);1H. The number of guanidine groups is 1. The van der Waals surface area contributed by atoms with Crippen LogP contribution in [0.5, 0.6) is 0 Å². The van der Waals surface area contributed by atoms with E-state index >= 15 is 0 Å². The van der Waals surface area contributed by atoms with Crippen molar-refractivity contribution in [2.24, 2.45) is 4.99 Å². The minimum atomic E-state index is -3.32. The van der Waals surface area contributed by atoms with Crippen LogP contribution in [0.15, 0.2) is 47.5 Å². The Bertz CT molecular complexity index is 898. The summed E-state index contributed by atoms with van der Waals surface area (Å²) < 4.78 is 25.5. The van der Waals surface area contributed by atoms with Crippen molar-refractivity contribution in [1.29, 1.82) is 0 Å². The molecule has 0 radical (unpaired) electrons. The van der Waals surface area contributed by atoms with Gasteiger partial charge in [-0.25, -0.2) is 8.42 Å². The predicted molar refractivity (Wildman–Crippen MR) is 123 cm³/mol. The van der Waals surface area contributed by atoms with Crippen LogP contribution >= 0.6 is 24.0 Å². The predicted octanol–water partition coefficient (Wildman–Crippen LogP) is 3.16. The van der Waals surface area contributed by atoms with Crippen molar-refractivity contribution in [1.82, 2.24) is 10.6 Å². The molecule has 0 fully saturated rings. The summed E-state index contributed by atoms with van der Waals surface area (Å²) in [6, 6.07) is 13.6. The molecule has 2 aromatic carbocycles. The van der Waals surface area contributed by atoms with Crippen molar-refractivity contribution >= 4 is 45.6 Å². The van der Waals surface area contributed by atoms with E-state index in [1.54, 1.807) is 19.2 Å². The van der Waals surface area contributed by atoms with Crippen LogP contribution in [-0.2, 0) is 23.1 Å². The first-order chi connectivity index (χ1) is 12.3. The molecule has 8 heteroatoms. The molecule has 0 unspecified atom stereocenters. The number of sulfonamides is 1. The molecule has 0 heterocycles. The van der Waals surface area contributed by atoms with Gasteiger partial charge in [0.1, 0.15) is 0 Å². The fourth-order valence-corrected chi connectivity index (χ4v) is 3.20. The summed E-state index contributed by atoms with van der Waals surface area (Å²) in [5, 5.41) is 6.50. The number of aliphatic imine (C=N–C) groups is 1. The third-order valence-electron chi connectivity index (χ3n) is 3.93. The maximum absolute atomic E-state index is 11.5. The summed E-state index contributed by atoms with van der Waals surface area (Å²) >= 11 is 0. The van der Waals surface area contributed by atoms with E-state index in [-0.39, 0.29) is 24.0 Å². The van der Waals surface area contributed by atoms with Crippen LogP contribution < -0.4 is 15.4 Å². The van der Waals surface area contributed by atoms with Gasteiger partial charge in [0.2, 0.25) is 10.0 Å². The lowest BCUT2D eigenvalue weighted by Gasteiger charge is -2.15. The Labute approximate surface area is 178 Å². The van der Waals surface area contributed by atoms with Crippen molar-refractivity contribution < 1.29 is 8.42 Å². The number of nitrogens with one attached hydrogen (secondary N) is 3. The average Bonchev–Trinajstić information content (AvgIpc) is 2.56. The first kappa shape index (κ1) is 23.2. The average molecular weight is 502 g/mol. The second kappa shape index (κ2) is 10.5. The first-order valence-corrected chi connectivity index (χ1v) is 10.2. The smallest absolute Gasteiger partial charge is 0.229 e. The van der Waals surface area contributed by atoms with Crippen LogP contribution in [0.3, 0.4) is 0 Å². The van der Waals surface area contributed by atoms with E-state index in [4.69, 9.17) is 0 Å². The Kier molecular flexibility index (Phi) is 9.04. The topological polar surface area (TPSA) is 82.6 Å². The van der Waals surface area contributed by atoms with E-state index in [2.05, 4.69) is 52.4 Å². The third-order valence-corrected chi connectivity index (χ3v) is 4.52. The summed E-state index contributed by atoms with van der Waals surface area (Å²) in [6.45, 7) is 5.28. The number of anilines is 1. The van der Waals surface area contributed by atoms with Crippen LogP contribution in [0, 0.1) is 13.8 Å². The number of hydrogen-bond donors (Lipinski definition) is 3. The fraction of sp³-hybridized carbons (Fsp3) is 0.316. The van der Waals surface area contributed by atoms with Gasteiger partial charge in [-0.2, -0.15) is 0 Å². The second-order valence-electron chi connectivity index (χ2n) is 6.24. The molecule has 0 saturated heterocycles. The molecule has 0 saturated carbocycles. The van der Waals surface area contributed by atoms with Gasteiger partial charge in [0, 0.05) is 20.1 Å². The Morgan fingerprint density at radius 2 is 1.63 bits per heavy atom. The number of para-hydroxylation sites is 1. The second-order valence-corrected chi connectivity index (χ2v) is 7.99. The molecule has 0 bridgehead atoms. The lowest BCUT2D eigenvalue weighted by molar-refractivity contribution is 0.606. The normalized spacial score (nSPS) is 11.5. The van der Waals surface area contributed by atoms with E-state index in [0.29, 0.717) is 24.7 Å². The Morgan fingerprint density at radius 1 is 1.00 bits per heavy atom. The van der Waals surface area contributed by atoms with Crippen LogP contribution in [0.25, 0.3) is 0 Å². The molecule has 6 nitrogen and oxygen atoms in total. The number of benzene rings is 2. The zero-order valence-corrected chi connectivity index (χ0v) is 19.2. The highest BCUT2D eigenvalue weighted by molar-refractivity contribution is 14.0. The molecule has 148 valence electrons. The molecular weight excluding hydrogens is 475 g/mol. The lowest BCUT2D eigenvalue weighted by Crippen LogP contribution is -2.36. The van der Waals surface area contributed by atoms with E-state index in [0.717, 1.165) is 11.8 Å². The van der Waals surface area contributed by atoms with Crippen molar-refractivity contribution in [3.8, 4) is 0 Å². The van der Waals surface area contributed by atoms with Gasteiger partial charge in [0.05, 0.1) is 11.9 Å². The van der Waals surface area contributed by atoms with Crippen molar-refractivity contribution in [3.05, 3.63) is 64.7 Å². The van der Waals surface area contributed by atoms with Gasteiger partial charge in [-0.3, -0.25) is 9.71 Å². The fourth-order valence-electron chi connectivity index (χ4n) is 2.60. The van der Waals surface area contributed by atoms with Crippen molar-refractivity contribution in [3.63, 3.8) is 0 Å². The van der Waals surface area contributed by atoms with Gasteiger partial charge in [-0.1, -0.05) is 42.0 Å². The quantitative estimate of drug-likeness (QED) is 0.322. The number of aryl methyl sites for hydroxylation is 2. The molecular formula is C19H27IN4O2S.